The summed E-state index contributed by atoms with van der Waals surface area (Å²) < 4.78 is 0. The highest BCUT2D eigenvalue weighted by Gasteiger charge is 2.41. The van der Waals surface area contributed by atoms with Crippen molar-refractivity contribution >= 4 is 0 Å². The number of hydrogen-bond acceptors (Lipinski definition) is 0. The lowest BCUT2D eigenvalue weighted by Gasteiger charge is -2.49. The van der Waals surface area contributed by atoms with Crippen LogP contribution < -0.4 is 0 Å². The van der Waals surface area contributed by atoms with Crippen LogP contribution in [-0.4, -0.2) is 0 Å². The molecule has 1 fully saturated rings. The first-order chi connectivity index (χ1) is 5.26. The van der Waals surface area contributed by atoms with E-state index in [9.17, 15) is 0 Å². The number of hydrogen-bond donors (Lipinski definition) is 0. The minimum Gasteiger partial charge on any atom is -0.0620 e. The van der Waals surface area contributed by atoms with Gasteiger partial charge in [-0.25, -0.2) is 0 Å². The summed E-state index contributed by atoms with van der Waals surface area (Å²) in [6.07, 6.45) is 2.78. The van der Waals surface area contributed by atoms with Gasteiger partial charge in [0, 0.05) is 0 Å². The topological polar surface area (TPSA) is 0 Å². The van der Waals surface area contributed by atoms with Gasteiger partial charge in [0.15, 0.2) is 0 Å². The molecule has 0 radical (unpaired) electrons. The first-order valence-electron chi connectivity index (χ1n) is 5.26. The second kappa shape index (κ2) is 2.75. The molecule has 0 aliphatic heterocycles. The summed E-state index contributed by atoms with van der Waals surface area (Å²) >= 11 is 0. The fourth-order valence-electron chi connectivity index (χ4n) is 2.53. The molecule has 0 aromatic carbocycles. The summed E-state index contributed by atoms with van der Waals surface area (Å²) in [5.74, 6) is 1.76. The summed E-state index contributed by atoms with van der Waals surface area (Å²) in [6.45, 7) is 14.5. The highest BCUT2D eigenvalue weighted by molar-refractivity contribution is 4.91. The van der Waals surface area contributed by atoms with E-state index in [0.29, 0.717) is 10.8 Å². The van der Waals surface area contributed by atoms with Gasteiger partial charge < -0.3 is 0 Å². The molecule has 1 saturated carbocycles. The minimum absolute atomic E-state index is 0.564. The second-order valence-electron chi connectivity index (χ2n) is 6.19. The quantitative estimate of drug-likeness (QED) is 0.511. The Morgan fingerprint density at radius 3 is 1.25 bits per heavy atom. The van der Waals surface area contributed by atoms with Crippen LogP contribution >= 0.6 is 0 Å². The van der Waals surface area contributed by atoms with Crippen LogP contribution in [0.15, 0.2) is 0 Å². The maximum absolute atomic E-state index is 2.42. The highest BCUT2D eigenvalue weighted by atomic mass is 14.5. The average Bonchev–Trinajstić information content (AvgIpc) is 1.82. The Hall–Kier alpha value is 0. The molecule has 0 saturated heterocycles. The van der Waals surface area contributed by atoms with Crippen LogP contribution in [0.25, 0.3) is 0 Å². The zero-order valence-electron chi connectivity index (χ0n) is 9.57. The zero-order valence-corrected chi connectivity index (χ0v) is 9.57. The summed E-state index contributed by atoms with van der Waals surface area (Å²) in [4.78, 5) is 0. The highest BCUT2D eigenvalue weighted by Crippen LogP contribution is 2.51. The van der Waals surface area contributed by atoms with E-state index in [4.69, 9.17) is 0 Å². The molecule has 2 unspecified atom stereocenters. The maximum Gasteiger partial charge on any atom is -0.0326 e. The standard InChI is InChI=1S/C12H24/c1-9-7-12(5,6)10(2)8-11(9,3)4/h9-10H,7-8H2,1-6H3. The van der Waals surface area contributed by atoms with Gasteiger partial charge in [0.2, 0.25) is 0 Å². The van der Waals surface area contributed by atoms with E-state index >= 15 is 0 Å². The van der Waals surface area contributed by atoms with Gasteiger partial charge in [-0.2, -0.15) is 0 Å². The van der Waals surface area contributed by atoms with Crippen molar-refractivity contribution in [2.45, 2.75) is 54.4 Å². The Kier molecular flexibility index (Phi) is 2.31. The summed E-state index contributed by atoms with van der Waals surface area (Å²) in [5, 5.41) is 0. The molecule has 0 spiro atoms. The number of rotatable bonds is 0. The van der Waals surface area contributed by atoms with Crippen LogP contribution in [0.3, 0.4) is 0 Å². The smallest absolute Gasteiger partial charge is 0.0326 e. The lowest BCUT2D eigenvalue weighted by atomic mass is 9.57. The van der Waals surface area contributed by atoms with E-state index in [1.54, 1.807) is 0 Å². The van der Waals surface area contributed by atoms with Gasteiger partial charge in [0.1, 0.15) is 0 Å². The van der Waals surface area contributed by atoms with E-state index in [0.717, 1.165) is 11.8 Å². The maximum atomic E-state index is 2.42. The second-order valence-corrected chi connectivity index (χ2v) is 6.19. The predicted octanol–water partition coefficient (Wildman–Crippen LogP) is 4.10. The summed E-state index contributed by atoms with van der Waals surface area (Å²) in [7, 11) is 0. The SMILES string of the molecule is CC1CC(C)(C)C(C)CC1(C)C. The van der Waals surface area contributed by atoms with E-state index < -0.39 is 0 Å². The van der Waals surface area contributed by atoms with Crippen LogP contribution in [-0.2, 0) is 0 Å². The van der Waals surface area contributed by atoms with E-state index in [1.165, 1.54) is 12.8 Å². The summed E-state index contributed by atoms with van der Waals surface area (Å²) in [6, 6.07) is 0. The third-order valence-electron chi connectivity index (χ3n) is 4.33. The van der Waals surface area contributed by atoms with Gasteiger partial charge in [-0.05, 0) is 35.5 Å². The molecule has 72 valence electrons. The van der Waals surface area contributed by atoms with Crippen molar-refractivity contribution in [1.29, 1.82) is 0 Å². The minimum atomic E-state index is 0.564. The largest absolute Gasteiger partial charge is 0.0620 e. The molecule has 2 atom stereocenters. The third-order valence-corrected chi connectivity index (χ3v) is 4.33. The van der Waals surface area contributed by atoms with Gasteiger partial charge in [-0.3, -0.25) is 0 Å². The molecule has 0 heteroatoms. The molecule has 1 aliphatic carbocycles. The molecule has 12 heavy (non-hydrogen) atoms. The van der Waals surface area contributed by atoms with Gasteiger partial charge in [-0.15, -0.1) is 0 Å². The van der Waals surface area contributed by atoms with Crippen molar-refractivity contribution in [3.05, 3.63) is 0 Å². The van der Waals surface area contributed by atoms with Crippen LogP contribution in [0, 0.1) is 22.7 Å². The van der Waals surface area contributed by atoms with Gasteiger partial charge in [-0.1, -0.05) is 41.5 Å². The molecule has 1 aliphatic rings. The monoisotopic (exact) mass is 168 g/mol. The molecule has 0 bridgehead atoms. The zero-order chi connectivity index (χ0) is 9.57. The molecule has 0 nitrogen and oxygen atoms in total. The Morgan fingerprint density at radius 1 is 0.750 bits per heavy atom. The van der Waals surface area contributed by atoms with Crippen LogP contribution in [0.4, 0.5) is 0 Å². The molecular weight excluding hydrogens is 144 g/mol. The first kappa shape index (κ1) is 10.1. The third kappa shape index (κ3) is 1.67. The molecule has 0 amide bonds. The lowest BCUT2D eigenvalue weighted by Crippen LogP contribution is -2.39. The molecule has 0 aromatic heterocycles. The fourth-order valence-corrected chi connectivity index (χ4v) is 2.53. The van der Waals surface area contributed by atoms with Crippen molar-refractivity contribution in [3.63, 3.8) is 0 Å². The van der Waals surface area contributed by atoms with Crippen molar-refractivity contribution in [3.8, 4) is 0 Å². The van der Waals surface area contributed by atoms with Crippen LogP contribution in [0.5, 0.6) is 0 Å². The van der Waals surface area contributed by atoms with E-state index in [-0.39, 0.29) is 0 Å². The Morgan fingerprint density at radius 2 is 1.00 bits per heavy atom. The van der Waals surface area contributed by atoms with Crippen LogP contribution in [0.1, 0.15) is 54.4 Å². The van der Waals surface area contributed by atoms with Crippen molar-refractivity contribution in [1.82, 2.24) is 0 Å². The Balaban J connectivity index is 2.76. The van der Waals surface area contributed by atoms with Crippen molar-refractivity contribution < 1.29 is 0 Å². The normalized spacial score (nSPS) is 39.5. The Bertz CT molecular complexity index is 145. The van der Waals surface area contributed by atoms with E-state index in [2.05, 4.69) is 41.5 Å². The van der Waals surface area contributed by atoms with Gasteiger partial charge in [0.05, 0.1) is 0 Å². The Labute approximate surface area is 77.7 Å². The molecule has 0 N–H and O–H groups in total. The predicted molar refractivity (Wildman–Crippen MR) is 55.1 cm³/mol. The first-order valence-corrected chi connectivity index (χ1v) is 5.26. The van der Waals surface area contributed by atoms with Crippen molar-refractivity contribution in [2.75, 3.05) is 0 Å². The summed E-state index contributed by atoms with van der Waals surface area (Å²) in [5.41, 5.74) is 1.13. The lowest BCUT2D eigenvalue weighted by molar-refractivity contribution is 0.0145. The van der Waals surface area contributed by atoms with Crippen molar-refractivity contribution in [2.24, 2.45) is 22.7 Å². The van der Waals surface area contributed by atoms with Gasteiger partial charge in [0.25, 0.3) is 0 Å². The molecule has 0 aromatic rings. The van der Waals surface area contributed by atoms with Crippen LogP contribution in [0.2, 0.25) is 0 Å². The van der Waals surface area contributed by atoms with Gasteiger partial charge >= 0.3 is 0 Å². The molecule has 1 rings (SSSR count). The molecular formula is C12H24. The van der Waals surface area contributed by atoms with E-state index in [1.807, 2.05) is 0 Å². The molecule has 0 heterocycles. The fraction of sp³-hybridized carbons (Fsp3) is 1.00. The average molecular weight is 168 g/mol.